The number of benzene rings is 2. The van der Waals surface area contributed by atoms with Gasteiger partial charge in [0.15, 0.2) is 0 Å². The number of nitro benzene ring substituents is 1. The van der Waals surface area contributed by atoms with E-state index in [0.717, 1.165) is 18.2 Å². The summed E-state index contributed by atoms with van der Waals surface area (Å²) in [6.07, 6.45) is -4.56. The number of carbonyl (C=O) groups excluding carboxylic acids is 1. The summed E-state index contributed by atoms with van der Waals surface area (Å²) in [5.74, 6) is -0.744. The van der Waals surface area contributed by atoms with Crippen LogP contribution in [0.1, 0.15) is 15.9 Å². The van der Waals surface area contributed by atoms with E-state index >= 15 is 0 Å². The quantitative estimate of drug-likeness (QED) is 0.667. The summed E-state index contributed by atoms with van der Waals surface area (Å²) in [4.78, 5) is 24.0. The number of nitrogens with one attached hydrogen (secondary N) is 1. The van der Waals surface area contributed by atoms with Crippen molar-refractivity contribution in [1.29, 1.82) is 0 Å². The van der Waals surface area contributed by atoms with E-state index in [1.165, 1.54) is 24.3 Å². The number of carbonyl (C=O) groups is 1. The SMILES string of the molecule is CN(C)c1ccc(C(F)(F)F)cc1NC(=O)c1cccc([N+](=O)[O-])c1. The van der Waals surface area contributed by atoms with Gasteiger partial charge in [0, 0.05) is 31.8 Å². The highest BCUT2D eigenvalue weighted by Gasteiger charge is 2.31. The van der Waals surface area contributed by atoms with E-state index in [1.807, 2.05) is 0 Å². The van der Waals surface area contributed by atoms with Crippen LogP contribution < -0.4 is 10.2 Å². The van der Waals surface area contributed by atoms with Crippen LogP contribution in [0.4, 0.5) is 30.2 Å². The molecule has 0 saturated heterocycles. The molecule has 0 aliphatic heterocycles. The van der Waals surface area contributed by atoms with Crippen LogP contribution in [-0.4, -0.2) is 24.9 Å². The molecule has 1 N–H and O–H groups in total. The van der Waals surface area contributed by atoms with Crippen LogP contribution in [-0.2, 0) is 6.18 Å². The molecule has 132 valence electrons. The summed E-state index contributed by atoms with van der Waals surface area (Å²) < 4.78 is 38.7. The molecular formula is C16H14F3N3O3. The van der Waals surface area contributed by atoms with Crippen molar-refractivity contribution in [2.24, 2.45) is 0 Å². The van der Waals surface area contributed by atoms with Gasteiger partial charge in [-0.1, -0.05) is 6.07 Å². The molecule has 0 aromatic heterocycles. The van der Waals surface area contributed by atoms with Crippen LogP contribution in [0.2, 0.25) is 0 Å². The first kappa shape index (κ1) is 18.2. The normalized spacial score (nSPS) is 11.1. The minimum Gasteiger partial charge on any atom is -0.376 e. The molecule has 0 radical (unpaired) electrons. The molecular weight excluding hydrogens is 339 g/mol. The minimum absolute atomic E-state index is 0.0312. The van der Waals surface area contributed by atoms with Crippen LogP contribution in [0.25, 0.3) is 0 Å². The summed E-state index contributed by atoms with van der Waals surface area (Å²) in [6.45, 7) is 0. The van der Waals surface area contributed by atoms with Crippen molar-refractivity contribution < 1.29 is 22.9 Å². The Morgan fingerprint density at radius 1 is 1.16 bits per heavy atom. The average Bonchev–Trinajstić information content (AvgIpc) is 2.53. The molecule has 2 aromatic rings. The smallest absolute Gasteiger partial charge is 0.376 e. The fraction of sp³-hybridized carbons (Fsp3) is 0.188. The molecule has 0 atom stereocenters. The maximum Gasteiger partial charge on any atom is 0.416 e. The molecule has 0 aliphatic carbocycles. The molecule has 9 heteroatoms. The van der Waals surface area contributed by atoms with Gasteiger partial charge in [-0.2, -0.15) is 13.2 Å². The van der Waals surface area contributed by atoms with E-state index in [0.29, 0.717) is 5.69 Å². The second-order valence-electron chi connectivity index (χ2n) is 5.39. The highest BCUT2D eigenvalue weighted by Crippen LogP contribution is 2.35. The average molecular weight is 353 g/mol. The van der Waals surface area contributed by atoms with E-state index in [1.54, 1.807) is 19.0 Å². The van der Waals surface area contributed by atoms with Gasteiger partial charge in [-0.25, -0.2) is 0 Å². The Morgan fingerprint density at radius 3 is 2.40 bits per heavy atom. The number of rotatable bonds is 4. The zero-order chi connectivity index (χ0) is 18.8. The first-order valence-corrected chi connectivity index (χ1v) is 7.04. The van der Waals surface area contributed by atoms with Gasteiger partial charge in [0.05, 0.1) is 21.9 Å². The fourth-order valence-corrected chi connectivity index (χ4v) is 2.16. The maximum absolute atomic E-state index is 12.9. The van der Waals surface area contributed by atoms with Gasteiger partial charge in [0.1, 0.15) is 0 Å². The lowest BCUT2D eigenvalue weighted by Crippen LogP contribution is -2.18. The monoisotopic (exact) mass is 353 g/mol. The number of hydrogen-bond donors (Lipinski definition) is 1. The van der Waals surface area contributed by atoms with Crippen LogP contribution in [0.3, 0.4) is 0 Å². The van der Waals surface area contributed by atoms with Gasteiger partial charge in [-0.05, 0) is 24.3 Å². The molecule has 0 saturated carbocycles. The van der Waals surface area contributed by atoms with Crippen LogP contribution in [0.15, 0.2) is 42.5 Å². The third-order valence-corrected chi connectivity index (χ3v) is 3.37. The van der Waals surface area contributed by atoms with Crippen LogP contribution in [0, 0.1) is 10.1 Å². The lowest BCUT2D eigenvalue weighted by molar-refractivity contribution is -0.384. The first-order valence-electron chi connectivity index (χ1n) is 7.04. The molecule has 2 rings (SSSR count). The molecule has 0 bridgehead atoms. The highest BCUT2D eigenvalue weighted by molar-refractivity contribution is 6.06. The van der Waals surface area contributed by atoms with E-state index in [-0.39, 0.29) is 16.9 Å². The molecule has 25 heavy (non-hydrogen) atoms. The Kier molecular flexibility index (Phi) is 4.96. The van der Waals surface area contributed by atoms with E-state index < -0.39 is 22.6 Å². The van der Waals surface area contributed by atoms with Crippen molar-refractivity contribution in [3.8, 4) is 0 Å². The van der Waals surface area contributed by atoms with Gasteiger partial charge in [0.2, 0.25) is 0 Å². The van der Waals surface area contributed by atoms with E-state index in [2.05, 4.69) is 5.32 Å². The molecule has 6 nitrogen and oxygen atoms in total. The van der Waals surface area contributed by atoms with Crippen molar-refractivity contribution in [3.63, 3.8) is 0 Å². The largest absolute Gasteiger partial charge is 0.416 e. The number of anilines is 2. The molecule has 1 amide bonds. The zero-order valence-electron chi connectivity index (χ0n) is 13.3. The second-order valence-corrected chi connectivity index (χ2v) is 5.39. The minimum atomic E-state index is -4.56. The molecule has 0 spiro atoms. The first-order chi connectivity index (χ1) is 11.6. The third kappa shape index (κ3) is 4.25. The Morgan fingerprint density at radius 2 is 1.84 bits per heavy atom. The van der Waals surface area contributed by atoms with Gasteiger partial charge in [0.25, 0.3) is 11.6 Å². The lowest BCUT2D eigenvalue weighted by Gasteiger charge is -2.19. The van der Waals surface area contributed by atoms with Gasteiger partial charge < -0.3 is 10.2 Å². The second kappa shape index (κ2) is 6.80. The topological polar surface area (TPSA) is 75.5 Å². The highest BCUT2D eigenvalue weighted by atomic mass is 19.4. The Labute approximate surface area is 141 Å². The van der Waals surface area contributed by atoms with Crippen molar-refractivity contribution in [3.05, 3.63) is 63.7 Å². The predicted molar refractivity (Wildman–Crippen MR) is 86.8 cm³/mol. The molecule has 2 aromatic carbocycles. The number of amides is 1. The van der Waals surface area contributed by atoms with Crippen molar-refractivity contribution in [1.82, 2.24) is 0 Å². The summed E-state index contributed by atoms with van der Waals surface area (Å²) in [6, 6.07) is 7.91. The summed E-state index contributed by atoms with van der Waals surface area (Å²) in [5, 5.41) is 13.2. The Balaban J connectivity index is 2.39. The summed E-state index contributed by atoms with van der Waals surface area (Å²) in [7, 11) is 3.23. The lowest BCUT2D eigenvalue weighted by atomic mass is 10.1. The molecule has 0 unspecified atom stereocenters. The van der Waals surface area contributed by atoms with Gasteiger partial charge >= 0.3 is 6.18 Å². The Hall–Kier alpha value is -3.10. The number of non-ortho nitro benzene ring substituents is 1. The number of halogens is 3. The standard InChI is InChI=1S/C16H14F3N3O3/c1-21(2)14-7-6-11(16(17,18)19)9-13(14)20-15(23)10-4-3-5-12(8-10)22(24)25/h3-9H,1-2H3,(H,20,23). The van der Waals surface area contributed by atoms with Crippen molar-refractivity contribution >= 4 is 23.0 Å². The summed E-state index contributed by atoms with van der Waals surface area (Å²) >= 11 is 0. The molecule has 0 heterocycles. The zero-order valence-corrected chi connectivity index (χ0v) is 13.3. The summed E-state index contributed by atoms with van der Waals surface area (Å²) in [5.41, 5.74) is -0.906. The molecule has 0 aliphatic rings. The van der Waals surface area contributed by atoms with Gasteiger partial charge in [-0.3, -0.25) is 14.9 Å². The van der Waals surface area contributed by atoms with Gasteiger partial charge in [-0.15, -0.1) is 0 Å². The van der Waals surface area contributed by atoms with Crippen molar-refractivity contribution in [2.45, 2.75) is 6.18 Å². The number of nitrogens with zero attached hydrogens (tertiary/aromatic N) is 2. The number of alkyl halides is 3. The number of hydrogen-bond acceptors (Lipinski definition) is 4. The maximum atomic E-state index is 12.9. The van der Waals surface area contributed by atoms with Crippen LogP contribution >= 0.6 is 0 Å². The van der Waals surface area contributed by atoms with E-state index in [4.69, 9.17) is 0 Å². The van der Waals surface area contributed by atoms with Crippen molar-refractivity contribution in [2.75, 3.05) is 24.3 Å². The fourth-order valence-electron chi connectivity index (χ4n) is 2.16. The molecule has 0 fully saturated rings. The Bertz CT molecular complexity index is 820. The van der Waals surface area contributed by atoms with Crippen LogP contribution in [0.5, 0.6) is 0 Å². The van der Waals surface area contributed by atoms with E-state index in [9.17, 15) is 28.1 Å². The third-order valence-electron chi connectivity index (χ3n) is 3.37. The predicted octanol–water partition coefficient (Wildman–Crippen LogP) is 3.93. The number of nitro groups is 1.